The molecule has 0 radical (unpaired) electrons. The number of benzene rings is 2. The summed E-state index contributed by atoms with van der Waals surface area (Å²) in [6.45, 7) is 4.06. The van der Waals surface area contributed by atoms with Gasteiger partial charge in [-0.25, -0.2) is 4.39 Å². The van der Waals surface area contributed by atoms with Crippen LogP contribution in [-0.2, 0) is 17.8 Å². The first-order valence-corrected chi connectivity index (χ1v) is 9.64. The van der Waals surface area contributed by atoms with Crippen LogP contribution in [0.1, 0.15) is 11.1 Å². The first-order valence-electron chi connectivity index (χ1n) is 9.26. The van der Waals surface area contributed by atoms with Crippen molar-refractivity contribution in [3.05, 3.63) is 64.4 Å². The third-order valence-corrected chi connectivity index (χ3v) is 5.67. The molecule has 0 spiro atoms. The number of amides is 1. The number of ether oxygens (including phenoxy) is 1. The average molecular weight is 389 g/mol. The van der Waals surface area contributed by atoms with E-state index in [4.69, 9.17) is 16.3 Å². The lowest BCUT2D eigenvalue weighted by molar-refractivity contribution is -0.138. The summed E-state index contributed by atoms with van der Waals surface area (Å²) >= 11 is 6.13. The van der Waals surface area contributed by atoms with Crippen LogP contribution < -0.4 is 4.74 Å². The van der Waals surface area contributed by atoms with Crippen LogP contribution in [0.25, 0.3) is 0 Å². The summed E-state index contributed by atoms with van der Waals surface area (Å²) in [7, 11) is 0. The second-order valence-electron chi connectivity index (χ2n) is 7.16. The standard InChI is InChI=1S/C21H22ClFN2O2/c22-19-12-18(23)6-5-16(19)13-24-7-9-25(10-8-24)21(26)17-11-15-3-1-2-4-20(15)27-14-17/h1-6,12,17H,7-11,13-14H2. The average Bonchev–Trinajstić information content (AvgIpc) is 2.70. The molecular formula is C21H22ClFN2O2. The summed E-state index contributed by atoms with van der Waals surface area (Å²) in [5.41, 5.74) is 2.02. The highest BCUT2D eigenvalue weighted by Gasteiger charge is 2.31. The van der Waals surface area contributed by atoms with Crippen LogP contribution in [0.3, 0.4) is 0 Å². The molecule has 0 N–H and O–H groups in total. The van der Waals surface area contributed by atoms with Crippen LogP contribution in [-0.4, -0.2) is 48.5 Å². The van der Waals surface area contributed by atoms with Gasteiger partial charge in [0.15, 0.2) is 0 Å². The van der Waals surface area contributed by atoms with Crippen LogP contribution in [0.4, 0.5) is 4.39 Å². The van der Waals surface area contributed by atoms with Crippen LogP contribution in [0.2, 0.25) is 5.02 Å². The van der Waals surface area contributed by atoms with Crippen molar-refractivity contribution in [3.8, 4) is 5.75 Å². The van der Waals surface area contributed by atoms with Gasteiger partial charge in [0.2, 0.25) is 5.91 Å². The Kier molecular flexibility index (Phi) is 5.32. The number of nitrogens with zero attached hydrogens (tertiary/aromatic N) is 2. The molecule has 1 atom stereocenters. The fraction of sp³-hybridized carbons (Fsp3) is 0.381. The van der Waals surface area contributed by atoms with E-state index in [1.807, 2.05) is 29.2 Å². The summed E-state index contributed by atoms with van der Waals surface area (Å²) in [5, 5.41) is 0.450. The van der Waals surface area contributed by atoms with Crippen molar-refractivity contribution in [1.82, 2.24) is 9.80 Å². The molecule has 2 aromatic carbocycles. The topological polar surface area (TPSA) is 32.8 Å². The summed E-state index contributed by atoms with van der Waals surface area (Å²) in [4.78, 5) is 17.1. The number of rotatable bonds is 3. The van der Waals surface area contributed by atoms with Gasteiger partial charge in [-0.3, -0.25) is 9.69 Å². The van der Waals surface area contributed by atoms with E-state index in [1.54, 1.807) is 6.07 Å². The van der Waals surface area contributed by atoms with Gasteiger partial charge >= 0.3 is 0 Å². The fourth-order valence-corrected chi connectivity index (χ4v) is 3.99. The van der Waals surface area contributed by atoms with E-state index < -0.39 is 0 Å². The van der Waals surface area contributed by atoms with Crippen molar-refractivity contribution in [1.29, 1.82) is 0 Å². The normalized spacial score (nSPS) is 20.1. The Morgan fingerprint density at radius 3 is 2.70 bits per heavy atom. The zero-order valence-corrected chi connectivity index (χ0v) is 15.8. The Morgan fingerprint density at radius 2 is 1.93 bits per heavy atom. The van der Waals surface area contributed by atoms with Gasteiger partial charge in [-0.15, -0.1) is 0 Å². The largest absolute Gasteiger partial charge is 0.492 e. The number of fused-ring (bicyclic) bond motifs is 1. The summed E-state index contributed by atoms with van der Waals surface area (Å²) < 4.78 is 19.0. The first kappa shape index (κ1) is 18.3. The maximum absolute atomic E-state index is 13.2. The summed E-state index contributed by atoms with van der Waals surface area (Å²) in [6, 6.07) is 12.4. The second kappa shape index (κ2) is 7.87. The number of piperazine rings is 1. The van der Waals surface area contributed by atoms with E-state index in [2.05, 4.69) is 4.90 Å². The third-order valence-electron chi connectivity index (χ3n) is 5.32. The Morgan fingerprint density at radius 1 is 1.15 bits per heavy atom. The molecular weight excluding hydrogens is 367 g/mol. The van der Waals surface area contributed by atoms with Gasteiger partial charge in [0.25, 0.3) is 0 Å². The zero-order valence-electron chi connectivity index (χ0n) is 15.0. The highest BCUT2D eigenvalue weighted by atomic mass is 35.5. The van der Waals surface area contributed by atoms with Crippen LogP contribution in [0, 0.1) is 11.7 Å². The second-order valence-corrected chi connectivity index (χ2v) is 7.56. The molecule has 2 aliphatic rings. The van der Waals surface area contributed by atoms with Gasteiger partial charge in [0.05, 0.1) is 5.92 Å². The molecule has 4 nitrogen and oxygen atoms in total. The molecule has 1 saturated heterocycles. The minimum absolute atomic E-state index is 0.113. The number of carbonyl (C=O) groups is 1. The van der Waals surface area contributed by atoms with Gasteiger partial charge in [-0.1, -0.05) is 35.9 Å². The van der Waals surface area contributed by atoms with Crippen molar-refractivity contribution in [2.45, 2.75) is 13.0 Å². The molecule has 2 aromatic rings. The quantitative estimate of drug-likeness (QED) is 0.808. The van der Waals surface area contributed by atoms with Crippen molar-refractivity contribution < 1.29 is 13.9 Å². The molecule has 0 saturated carbocycles. The first-order chi connectivity index (χ1) is 13.1. The number of hydrogen-bond donors (Lipinski definition) is 0. The zero-order chi connectivity index (χ0) is 18.8. The molecule has 6 heteroatoms. The van der Waals surface area contributed by atoms with E-state index in [0.717, 1.165) is 36.4 Å². The molecule has 0 aromatic heterocycles. The van der Waals surface area contributed by atoms with Crippen molar-refractivity contribution in [3.63, 3.8) is 0 Å². The van der Waals surface area contributed by atoms with E-state index >= 15 is 0 Å². The SMILES string of the molecule is O=C(C1COc2ccccc2C1)N1CCN(Cc2ccc(F)cc2Cl)CC1. The summed E-state index contributed by atoms with van der Waals surface area (Å²) in [5.74, 6) is 0.625. The fourth-order valence-electron chi connectivity index (χ4n) is 3.76. The molecule has 1 unspecified atom stereocenters. The predicted octanol–water partition coefficient (Wildman–Crippen LogP) is 3.37. The summed E-state index contributed by atoms with van der Waals surface area (Å²) in [6.07, 6.45) is 0.737. The van der Waals surface area contributed by atoms with Crippen LogP contribution in [0.5, 0.6) is 5.75 Å². The van der Waals surface area contributed by atoms with E-state index in [9.17, 15) is 9.18 Å². The maximum atomic E-state index is 13.2. The van der Waals surface area contributed by atoms with Gasteiger partial charge in [-0.2, -0.15) is 0 Å². The monoisotopic (exact) mass is 388 g/mol. The molecule has 4 rings (SSSR count). The van der Waals surface area contributed by atoms with E-state index in [1.165, 1.54) is 12.1 Å². The Labute approximate surface area is 163 Å². The van der Waals surface area contributed by atoms with Gasteiger partial charge in [0, 0.05) is 37.7 Å². The molecule has 27 heavy (non-hydrogen) atoms. The smallest absolute Gasteiger partial charge is 0.229 e. The molecule has 1 amide bonds. The number of carbonyl (C=O) groups excluding carboxylic acids is 1. The Balaban J connectivity index is 1.32. The Bertz CT molecular complexity index is 837. The molecule has 0 bridgehead atoms. The third kappa shape index (κ3) is 4.09. The highest BCUT2D eigenvalue weighted by Crippen LogP contribution is 2.28. The number of halogens is 2. The lowest BCUT2D eigenvalue weighted by atomic mass is 9.95. The van der Waals surface area contributed by atoms with Crippen molar-refractivity contribution >= 4 is 17.5 Å². The number of hydrogen-bond acceptors (Lipinski definition) is 3. The predicted molar refractivity (Wildman–Crippen MR) is 102 cm³/mol. The lowest BCUT2D eigenvalue weighted by Gasteiger charge is -2.37. The lowest BCUT2D eigenvalue weighted by Crippen LogP contribution is -2.51. The highest BCUT2D eigenvalue weighted by molar-refractivity contribution is 6.31. The minimum Gasteiger partial charge on any atom is -0.492 e. The molecule has 142 valence electrons. The van der Waals surface area contributed by atoms with Gasteiger partial charge < -0.3 is 9.64 Å². The molecule has 2 heterocycles. The molecule has 1 fully saturated rings. The van der Waals surface area contributed by atoms with Crippen molar-refractivity contribution in [2.24, 2.45) is 5.92 Å². The molecule has 2 aliphatic heterocycles. The minimum atomic E-state index is -0.324. The Hall–Kier alpha value is -2.11. The van der Waals surface area contributed by atoms with Crippen molar-refractivity contribution in [2.75, 3.05) is 32.8 Å². The van der Waals surface area contributed by atoms with E-state index in [0.29, 0.717) is 31.3 Å². The van der Waals surface area contributed by atoms with E-state index in [-0.39, 0.29) is 17.6 Å². The van der Waals surface area contributed by atoms with Gasteiger partial charge in [-0.05, 0) is 35.7 Å². The number of para-hydroxylation sites is 1. The van der Waals surface area contributed by atoms with Crippen LogP contribution >= 0.6 is 11.6 Å². The maximum Gasteiger partial charge on any atom is 0.229 e. The van der Waals surface area contributed by atoms with Crippen LogP contribution in [0.15, 0.2) is 42.5 Å². The van der Waals surface area contributed by atoms with Gasteiger partial charge in [0.1, 0.15) is 18.2 Å². The molecule has 0 aliphatic carbocycles.